The number of nitrogens with one attached hydrogen (secondary N) is 1. The Bertz CT molecular complexity index is 479. The molecule has 0 radical (unpaired) electrons. The van der Waals surface area contributed by atoms with Crippen LogP contribution in [0, 0.1) is 0 Å². The molecule has 0 amide bonds. The molecule has 1 aromatic rings. The lowest BCUT2D eigenvalue weighted by atomic mass is 9.89. The van der Waals surface area contributed by atoms with Gasteiger partial charge in [0.25, 0.3) is 0 Å². The Morgan fingerprint density at radius 1 is 1.27 bits per heavy atom. The van der Waals surface area contributed by atoms with Gasteiger partial charge in [0.05, 0.1) is 12.3 Å². The summed E-state index contributed by atoms with van der Waals surface area (Å²) in [5, 5.41) is 18.0. The van der Waals surface area contributed by atoms with Crippen molar-refractivity contribution >= 4 is 6.20 Å². The molecule has 1 aromatic heterocycles. The van der Waals surface area contributed by atoms with Gasteiger partial charge in [0.1, 0.15) is 0 Å². The van der Waals surface area contributed by atoms with Crippen molar-refractivity contribution < 1.29 is 5.11 Å². The van der Waals surface area contributed by atoms with Crippen molar-refractivity contribution in [3.05, 3.63) is 24.5 Å². The van der Waals surface area contributed by atoms with E-state index in [9.17, 15) is 5.11 Å². The van der Waals surface area contributed by atoms with E-state index in [1.807, 2.05) is 12.4 Å². The average molecular weight is 304 g/mol. The predicted molar refractivity (Wildman–Crippen MR) is 88.3 cm³/mol. The van der Waals surface area contributed by atoms with Crippen LogP contribution >= 0.6 is 0 Å². The van der Waals surface area contributed by atoms with E-state index >= 15 is 0 Å². The molecule has 1 saturated carbocycles. The molecule has 22 heavy (non-hydrogen) atoms. The Morgan fingerprint density at radius 3 is 2.73 bits per heavy atom. The van der Waals surface area contributed by atoms with Gasteiger partial charge in [-0.15, -0.1) is 0 Å². The molecule has 3 rings (SSSR count). The number of nitrogens with zero attached hydrogens (tertiary/aromatic N) is 3. The number of hydrogen-bond donors (Lipinski definition) is 2. The molecular formula is C17H28N4O. The summed E-state index contributed by atoms with van der Waals surface area (Å²) in [4.78, 5) is 2.51. The molecular weight excluding hydrogens is 276 g/mol. The summed E-state index contributed by atoms with van der Waals surface area (Å²) in [7, 11) is 0. The molecule has 0 unspecified atom stereocenters. The summed E-state index contributed by atoms with van der Waals surface area (Å²) in [6.45, 7) is 6.78. The first-order valence-corrected chi connectivity index (χ1v) is 8.57. The Morgan fingerprint density at radius 2 is 2.05 bits per heavy atom. The fraction of sp³-hybridized carbons (Fsp3) is 0.706. The zero-order valence-electron chi connectivity index (χ0n) is 13.3. The lowest BCUT2D eigenvalue weighted by Crippen LogP contribution is -2.51. The molecule has 2 heterocycles. The third kappa shape index (κ3) is 3.77. The highest BCUT2D eigenvalue weighted by atomic mass is 16.3. The maximum atomic E-state index is 10.2. The highest BCUT2D eigenvalue weighted by molar-refractivity contribution is 5.17. The molecule has 2 N–H and O–H groups in total. The van der Waals surface area contributed by atoms with Crippen LogP contribution in [0.1, 0.15) is 44.1 Å². The van der Waals surface area contributed by atoms with Gasteiger partial charge in [-0.25, -0.2) is 4.68 Å². The van der Waals surface area contributed by atoms with Gasteiger partial charge in [-0.2, -0.15) is 5.10 Å². The summed E-state index contributed by atoms with van der Waals surface area (Å²) in [5.74, 6) is 0. The van der Waals surface area contributed by atoms with Crippen molar-refractivity contribution in [1.29, 1.82) is 0 Å². The van der Waals surface area contributed by atoms with Gasteiger partial charge in [0.15, 0.2) is 0 Å². The normalized spacial score (nSPS) is 27.9. The van der Waals surface area contributed by atoms with Gasteiger partial charge in [-0.3, -0.25) is 4.90 Å². The fourth-order valence-corrected chi connectivity index (χ4v) is 3.78. The van der Waals surface area contributed by atoms with E-state index in [1.165, 1.54) is 37.7 Å². The van der Waals surface area contributed by atoms with E-state index < -0.39 is 0 Å². The van der Waals surface area contributed by atoms with Gasteiger partial charge in [0, 0.05) is 49.7 Å². The quantitative estimate of drug-likeness (QED) is 0.871. The monoisotopic (exact) mass is 304 g/mol. The molecule has 0 spiro atoms. The van der Waals surface area contributed by atoms with E-state index in [0.29, 0.717) is 12.1 Å². The molecule has 0 aromatic carbocycles. The summed E-state index contributed by atoms with van der Waals surface area (Å²) in [5.41, 5.74) is 1.20. The van der Waals surface area contributed by atoms with Crippen molar-refractivity contribution in [3.63, 3.8) is 0 Å². The number of piperidine rings is 1. The van der Waals surface area contributed by atoms with Crippen molar-refractivity contribution in [1.82, 2.24) is 20.0 Å². The largest absolute Gasteiger partial charge is 0.391 e. The number of aliphatic hydroxyl groups is 1. The van der Waals surface area contributed by atoms with Crippen molar-refractivity contribution in [3.8, 4) is 0 Å². The van der Waals surface area contributed by atoms with E-state index in [-0.39, 0.29) is 6.10 Å². The predicted octanol–water partition coefficient (Wildman–Crippen LogP) is 1.84. The van der Waals surface area contributed by atoms with Crippen LogP contribution in [0.5, 0.6) is 0 Å². The zero-order chi connectivity index (χ0) is 15.4. The van der Waals surface area contributed by atoms with Gasteiger partial charge >= 0.3 is 0 Å². The van der Waals surface area contributed by atoms with Crippen LogP contribution in [0.25, 0.3) is 6.20 Å². The van der Waals surface area contributed by atoms with Gasteiger partial charge in [0.2, 0.25) is 0 Å². The SMILES string of the molecule is C=Cn1cc(CNC2CCN([C@@H]3CCCC[C@H]3O)CC2)cn1. The van der Waals surface area contributed by atoms with Crippen molar-refractivity contribution in [2.24, 2.45) is 0 Å². The number of aliphatic hydroxyl groups excluding tert-OH is 1. The van der Waals surface area contributed by atoms with Crippen LogP contribution in [0.3, 0.4) is 0 Å². The first-order valence-electron chi connectivity index (χ1n) is 8.57. The Balaban J connectivity index is 1.42. The maximum Gasteiger partial charge on any atom is 0.0695 e. The van der Waals surface area contributed by atoms with Crippen molar-refractivity contribution in [2.45, 2.75) is 63.3 Å². The second-order valence-corrected chi connectivity index (χ2v) is 6.62. The number of aromatic nitrogens is 2. The molecule has 0 bridgehead atoms. The Labute approximate surface area is 133 Å². The van der Waals surface area contributed by atoms with Crippen molar-refractivity contribution in [2.75, 3.05) is 13.1 Å². The van der Waals surface area contributed by atoms with E-state index in [0.717, 1.165) is 26.1 Å². The number of hydrogen-bond acceptors (Lipinski definition) is 4. The smallest absolute Gasteiger partial charge is 0.0695 e. The topological polar surface area (TPSA) is 53.3 Å². The Hall–Kier alpha value is -1.17. The lowest BCUT2D eigenvalue weighted by Gasteiger charge is -2.41. The third-order valence-electron chi connectivity index (χ3n) is 5.13. The first-order chi connectivity index (χ1) is 10.8. The lowest BCUT2D eigenvalue weighted by molar-refractivity contribution is 0.00714. The van der Waals surface area contributed by atoms with Gasteiger partial charge < -0.3 is 10.4 Å². The summed E-state index contributed by atoms with van der Waals surface area (Å²) < 4.78 is 1.74. The minimum absolute atomic E-state index is 0.108. The molecule has 5 nitrogen and oxygen atoms in total. The van der Waals surface area contributed by atoms with E-state index in [2.05, 4.69) is 21.9 Å². The Kier molecular flexibility index (Phi) is 5.28. The molecule has 2 atom stereocenters. The van der Waals surface area contributed by atoms with Crippen LogP contribution in [0.4, 0.5) is 0 Å². The molecule has 1 saturated heterocycles. The standard InChI is InChI=1S/C17H28N4O/c1-2-21-13-14(12-19-21)11-18-15-7-9-20(10-8-15)16-5-3-4-6-17(16)22/h2,12-13,15-18,22H,1,3-11H2/t16-,17-/m1/s1. The van der Waals surface area contributed by atoms with Crippen LogP contribution in [-0.2, 0) is 6.54 Å². The number of likely N-dealkylation sites (tertiary alicyclic amines) is 1. The fourth-order valence-electron chi connectivity index (χ4n) is 3.78. The van der Waals surface area contributed by atoms with E-state index in [1.54, 1.807) is 10.9 Å². The molecule has 1 aliphatic carbocycles. The molecule has 1 aliphatic heterocycles. The highest BCUT2D eigenvalue weighted by Gasteiger charge is 2.31. The van der Waals surface area contributed by atoms with E-state index in [4.69, 9.17) is 0 Å². The maximum absolute atomic E-state index is 10.2. The average Bonchev–Trinajstić information content (AvgIpc) is 3.02. The first kappa shape index (κ1) is 15.7. The van der Waals surface area contributed by atoms with Crippen LogP contribution in [-0.4, -0.2) is 51.1 Å². The van der Waals surface area contributed by atoms with Gasteiger partial charge in [-0.05, 0) is 25.7 Å². The summed E-state index contributed by atoms with van der Waals surface area (Å²) >= 11 is 0. The molecule has 122 valence electrons. The molecule has 2 aliphatic rings. The van der Waals surface area contributed by atoms with Gasteiger partial charge in [-0.1, -0.05) is 19.4 Å². The molecule has 2 fully saturated rings. The minimum Gasteiger partial charge on any atom is -0.391 e. The number of rotatable bonds is 5. The summed E-state index contributed by atoms with van der Waals surface area (Å²) in [6.07, 6.45) is 12.4. The second kappa shape index (κ2) is 7.40. The van der Waals surface area contributed by atoms with Crippen LogP contribution in [0.15, 0.2) is 19.0 Å². The highest BCUT2D eigenvalue weighted by Crippen LogP contribution is 2.25. The minimum atomic E-state index is -0.108. The zero-order valence-corrected chi connectivity index (χ0v) is 13.3. The van der Waals surface area contributed by atoms with Crippen LogP contribution in [0.2, 0.25) is 0 Å². The van der Waals surface area contributed by atoms with Crippen LogP contribution < -0.4 is 5.32 Å². The summed E-state index contributed by atoms with van der Waals surface area (Å²) in [6, 6.07) is 0.976. The third-order valence-corrected chi connectivity index (χ3v) is 5.13. The molecule has 5 heteroatoms. The second-order valence-electron chi connectivity index (χ2n) is 6.62.